The highest BCUT2D eigenvalue weighted by Gasteiger charge is 2.45. The van der Waals surface area contributed by atoms with E-state index in [4.69, 9.17) is 0 Å². The molecule has 6 heteroatoms. The first-order chi connectivity index (χ1) is 13.2. The maximum atomic E-state index is 13.0. The second-order valence-electron chi connectivity index (χ2n) is 7.52. The number of aromatic nitrogens is 1. The van der Waals surface area contributed by atoms with Crippen molar-refractivity contribution in [2.75, 3.05) is 23.4 Å². The average molecular weight is 380 g/mol. The van der Waals surface area contributed by atoms with Gasteiger partial charge in [0.15, 0.2) is 0 Å². The third-order valence-corrected chi connectivity index (χ3v) is 5.44. The van der Waals surface area contributed by atoms with Crippen molar-refractivity contribution in [3.8, 4) is 0 Å². The molecule has 0 spiro atoms. The summed E-state index contributed by atoms with van der Waals surface area (Å²) in [4.78, 5) is 33.4. The zero-order valence-electron chi connectivity index (χ0n) is 17.0. The molecule has 1 aliphatic rings. The van der Waals surface area contributed by atoms with Crippen molar-refractivity contribution in [2.45, 2.75) is 34.3 Å². The number of pyridine rings is 1. The van der Waals surface area contributed by atoms with Gasteiger partial charge in [0.05, 0.1) is 23.7 Å². The summed E-state index contributed by atoms with van der Waals surface area (Å²) in [6, 6.07) is 9.50. The van der Waals surface area contributed by atoms with Crippen LogP contribution in [0, 0.1) is 11.3 Å². The lowest BCUT2D eigenvalue weighted by atomic mass is 9.90. The number of nitrogens with zero attached hydrogens (tertiary/aromatic N) is 3. The van der Waals surface area contributed by atoms with Gasteiger partial charge >= 0.3 is 0 Å². The van der Waals surface area contributed by atoms with Gasteiger partial charge in [-0.3, -0.25) is 14.6 Å². The first-order valence-electron chi connectivity index (χ1n) is 9.37. The number of anilines is 2. The van der Waals surface area contributed by atoms with E-state index in [0.29, 0.717) is 17.9 Å². The Morgan fingerprint density at radius 2 is 1.86 bits per heavy atom. The summed E-state index contributed by atoms with van der Waals surface area (Å²) in [7, 11) is 1.71. The van der Waals surface area contributed by atoms with Crippen LogP contribution in [0.5, 0.6) is 0 Å². The number of carbonyl (C=O) groups is 2. The third-order valence-electron chi connectivity index (χ3n) is 5.44. The van der Waals surface area contributed by atoms with Gasteiger partial charge in [-0.25, -0.2) is 0 Å². The van der Waals surface area contributed by atoms with Crippen LogP contribution in [-0.4, -0.2) is 35.5 Å². The van der Waals surface area contributed by atoms with Crippen LogP contribution >= 0.6 is 0 Å². The fourth-order valence-corrected chi connectivity index (χ4v) is 3.70. The molecule has 0 bridgehead atoms. The number of fused-ring (bicyclic) bond motifs is 1. The first kappa shape index (κ1) is 20.0. The molecule has 147 valence electrons. The van der Waals surface area contributed by atoms with Gasteiger partial charge in [-0.2, -0.15) is 0 Å². The van der Waals surface area contributed by atoms with Crippen LogP contribution < -0.4 is 9.80 Å². The van der Waals surface area contributed by atoms with E-state index in [9.17, 15) is 14.7 Å². The molecule has 2 aromatic rings. The van der Waals surface area contributed by atoms with Crippen LogP contribution in [0.1, 0.15) is 44.5 Å². The smallest absolute Gasteiger partial charge is 0.242 e. The van der Waals surface area contributed by atoms with Gasteiger partial charge < -0.3 is 14.9 Å². The maximum Gasteiger partial charge on any atom is 0.242 e. The van der Waals surface area contributed by atoms with E-state index in [1.165, 1.54) is 0 Å². The number of aliphatic hydroxyl groups is 1. The van der Waals surface area contributed by atoms with Crippen LogP contribution in [0.3, 0.4) is 0 Å². The molecule has 1 N–H and O–H groups in total. The molecule has 2 amide bonds. The Hall–Kier alpha value is -2.73. The number of aliphatic hydroxyl groups excluding tert-OH is 1. The minimum Gasteiger partial charge on any atom is -0.390 e. The second-order valence-corrected chi connectivity index (χ2v) is 7.52. The minimum absolute atomic E-state index is 0.150. The molecule has 0 fully saturated rings. The molecule has 0 atom stereocenters. The lowest BCUT2D eigenvalue weighted by molar-refractivity contribution is -0.137. The molecular formula is C22H26N3O3. The Morgan fingerprint density at radius 3 is 2.50 bits per heavy atom. The van der Waals surface area contributed by atoms with E-state index < -0.39 is 5.41 Å². The number of hydrogen-bond acceptors (Lipinski definition) is 4. The number of rotatable bonds is 4. The lowest BCUT2D eigenvalue weighted by Crippen LogP contribution is -2.47. The molecule has 1 aromatic carbocycles. The van der Waals surface area contributed by atoms with Crippen LogP contribution in [0.25, 0.3) is 0 Å². The van der Waals surface area contributed by atoms with Crippen LogP contribution in [0.15, 0.2) is 36.5 Å². The maximum absolute atomic E-state index is 13.0. The number of amides is 2. The molecule has 1 aromatic heterocycles. The second kappa shape index (κ2) is 7.36. The fourth-order valence-electron chi connectivity index (χ4n) is 3.70. The summed E-state index contributed by atoms with van der Waals surface area (Å²) in [5.41, 5.74) is 2.65. The standard InChI is InChI=1S/C22H26N3O3/c1-6-25-18-10-9-15(14(2)16-8-7-11-23-17(16)13-26)12-19(18)24(5)20(27)22(3,4)21(25)28/h7-12,26H,6,13H2,1-5H3. The summed E-state index contributed by atoms with van der Waals surface area (Å²) >= 11 is 0. The molecular weight excluding hydrogens is 354 g/mol. The topological polar surface area (TPSA) is 73.7 Å². The number of carbonyl (C=O) groups excluding carboxylic acids is 2. The lowest BCUT2D eigenvalue weighted by Gasteiger charge is -2.27. The number of benzene rings is 1. The molecule has 0 aliphatic carbocycles. The molecule has 2 heterocycles. The van der Waals surface area contributed by atoms with Gasteiger partial charge in [-0.15, -0.1) is 0 Å². The van der Waals surface area contributed by atoms with Gasteiger partial charge in [0, 0.05) is 25.7 Å². The van der Waals surface area contributed by atoms with E-state index in [0.717, 1.165) is 22.7 Å². The van der Waals surface area contributed by atoms with Crippen molar-refractivity contribution in [1.82, 2.24) is 4.98 Å². The van der Waals surface area contributed by atoms with Crippen molar-refractivity contribution in [3.05, 3.63) is 59.3 Å². The minimum atomic E-state index is -1.13. The quantitative estimate of drug-likeness (QED) is 0.828. The Kier molecular flexibility index (Phi) is 5.26. The Balaban J connectivity index is 2.13. The summed E-state index contributed by atoms with van der Waals surface area (Å²) in [6.07, 6.45) is 1.65. The van der Waals surface area contributed by atoms with Gasteiger partial charge in [0.2, 0.25) is 11.8 Å². The normalized spacial score (nSPS) is 16.4. The van der Waals surface area contributed by atoms with E-state index in [1.54, 1.807) is 36.9 Å². The summed E-state index contributed by atoms with van der Waals surface area (Å²) in [6.45, 7) is 7.54. The highest BCUT2D eigenvalue weighted by atomic mass is 16.3. The predicted molar refractivity (Wildman–Crippen MR) is 109 cm³/mol. The van der Waals surface area contributed by atoms with Crippen molar-refractivity contribution in [1.29, 1.82) is 0 Å². The molecule has 1 aliphatic heterocycles. The average Bonchev–Trinajstić information content (AvgIpc) is 2.76. The summed E-state index contributed by atoms with van der Waals surface area (Å²) < 4.78 is 0. The molecule has 0 saturated heterocycles. The Morgan fingerprint density at radius 1 is 1.14 bits per heavy atom. The first-order valence-corrected chi connectivity index (χ1v) is 9.37. The zero-order valence-corrected chi connectivity index (χ0v) is 17.0. The van der Waals surface area contributed by atoms with Crippen LogP contribution in [0.4, 0.5) is 11.4 Å². The van der Waals surface area contributed by atoms with Crippen molar-refractivity contribution in [2.24, 2.45) is 5.41 Å². The molecule has 28 heavy (non-hydrogen) atoms. The fraction of sp³-hybridized carbons (Fsp3) is 0.364. The largest absolute Gasteiger partial charge is 0.390 e. The number of hydrogen-bond donors (Lipinski definition) is 1. The Bertz CT molecular complexity index is 923. The molecule has 0 unspecified atom stereocenters. The van der Waals surface area contributed by atoms with Crippen LogP contribution in [0.2, 0.25) is 0 Å². The zero-order chi connectivity index (χ0) is 20.6. The summed E-state index contributed by atoms with van der Waals surface area (Å²) in [5.74, 6) is 0.509. The summed E-state index contributed by atoms with van der Waals surface area (Å²) in [5, 5.41) is 9.60. The van der Waals surface area contributed by atoms with Gasteiger partial charge in [-0.05, 0) is 50.1 Å². The van der Waals surface area contributed by atoms with E-state index in [-0.39, 0.29) is 18.4 Å². The molecule has 6 nitrogen and oxygen atoms in total. The third kappa shape index (κ3) is 3.07. The Labute approximate surface area is 165 Å². The molecule has 3 rings (SSSR count). The predicted octanol–water partition coefficient (Wildman–Crippen LogP) is 2.92. The van der Waals surface area contributed by atoms with Gasteiger partial charge in [-0.1, -0.05) is 19.1 Å². The highest BCUT2D eigenvalue weighted by Crippen LogP contribution is 2.40. The van der Waals surface area contributed by atoms with E-state index in [2.05, 4.69) is 4.98 Å². The van der Waals surface area contributed by atoms with E-state index >= 15 is 0 Å². The van der Waals surface area contributed by atoms with Crippen molar-refractivity contribution >= 4 is 23.2 Å². The van der Waals surface area contributed by atoms with Gasteiger partial charge in [0.1, 0.15) is 5.41 Å². The van der Waals surface area contributed by atoms with Crippen molar-refractivity contribution < 1.29 is 14.7 Å². The molecule has 0 saturated carbocycles. The SMILES string of the molecule is CCN1C(=O)C(C)(C)C(=O)N(C)c2cc([C](C)c3cccnc3CO)ccc21. The van der Waals surface area contributed by atoms with Crippen molar-refractivity contribution in [3.63, 3.8) is 0 Å². The van der Waals surface area contributed by atoms with Crippen LogP contribution in [-0.2, 0) is 16.2 Å². The van der Waals surface area contributed by atoms with Gasteiger partial charge in [0.25, 0.3) is 0 Å². The monoisotopic (exact) mass is 380 g/mol. The highest BCUT2D eigenvalue weighted by molar-refractivity contribution is 6.20. The molecule has 1 radical (unpaired) electrons. The van der Waals surface area contributed by atoms with E-state index in [1.807, 2.05) is 44.2 Å².